The van der Waals surface area contributed by atoms with E-state index in [2.05, 4.69) is 10.2 Å². The van der Waals surface area contributed by atoms with Gasteiger partial charge in [0, 0.05) is 6.07 Å². The Balaban J connectivity index is 3.03. The van der Waals surface area contributed by atoms with Gasteiger partial charge in [0.1, 0.15) is 0 Å². The summed E-state index contributed by atoms with van der Waals surface area (Å²) in [6, 6.07) is 3.27. The summed E-state index contributed by atoms with van der Waals surface area (Å²) in [5, 5.41) is 6.51. The summed E-state index contributed by atoms with van der Waals surface area (Å²) in [7, 11) is 0. The molecule has 0 unspecified atom stereocenters. The second-order valence-corrected chi connectivity index (χ2v) is 1.72. The van der Waals surface area contributed by atoms with Crippen LogP contribution in [0.15, 0.2) is 12.1 Å². The number of hydrogen-bond donors (Lipinski definition) is 1. The van der Waals surface area contributed by atoms with E-state index in [4.69, 9.17) is 17.3 Å². The molecule has 0 spiro atoms. The van der Waals surface area contributed by atoms with Crippen LogP contribution in [0.3, 0.4) is 0 Å². The molecule has 4 heteroatoms. The van der Waals surface area contributed by atoms with Gasteiger partial charge in [-0.05, 0) is 6.07 Å². The topological polar surface area (TPSA) is 53.0 Å². The summed E-state index contributed by atoms with van der Waals surface area (Å²) < 4.78 is 0. The fraction of sp³-hybridized carbons (Fsp3) is 0. The van der Waals surface area contributed by atoms with Crippen LogP contribution in [0.4, 0.5) is 5.82 Å². The van der Waals surface area contributed by atoms with Crippen LogP contribution in [0.1, 0.15) is 0 Å². The zero-order valence-corrected chi connectivity index (χ0v) is 4.81. The van der Waals surface area contributed by atoms with Crippen molar-refractivity contribution in [2.45, 2.75) is 0 Å². The standard InChI is InChI=1S/C4H4ClN3/c5-3-1-2-4(6)8-7-3/h1-2H,(H2,6,8)/p+1. The molecule has 1 aromatic heterocycles. The monoisotopic (exact) mass is 130 g/mol. The van der Waals surface area contributed by atoms with Crippen molar-refractivity contribution in [3.8, 4) is 0 Å². The Labute approximate surface area is 51.5 Å². The van der Waals surface area contributed by atoms with Gasteiger partial charge < -0.3 is 0 Å². The number of nitrogen functional groups attached to an aromatic ring is 1. The summed E-state index contributed by atoms with van der Waals surface area (Å²) >= 11 is 5.41. The summed E-state index contributed by atoms with van der Waals surface area (Å²) in [5.74, 6) is 0.509. The van der Waals surface area contributed by atoms with Gasteiger partial charge in [0.05, 0.1) is 0 Å². The van der Waals surface area contributed by atoms with Crippen molar-refractivity contribution < 1.29 is 5.10 Å². The summed E-state index contributed by atoms with van der Waals surface area (Å²) in [6.07, 6.45) is 0. The van der Waals surface area contributed by atoms with Gasteiger partial charge in [0.25, 0.3) is 5.82 Å². The van der Waals surface area contributed by atoms with Crippen LogP contribution in [-0.2, 0) is 0 Å². The highest BCUT2D eigenvalue weighted by atomic mass is 35.5. The molecular weight excluding hydrogens is 126 g/mol. The highest BCUT2D eigenvalue weighted by molar-refractivity contribution is 6.29. The molecule has 0 bridgehead atoms. The number of aromatic nitrogens is 2. The van der Waals surface area contributed by atoms with Crippen LogP contribution < -0.4 is 10.8 Å². The molecular formula is C4H5ClN3+. The van der Waals surface area contributed by atoms with Crippen LogP contribution in [0.25, 0.3) is 0 Å². The molecule has 42 valence electrons. The fourth-order valence-electron chi connectivity index (χ4n) is 0.351. The van der Waals surface area contributed by atoms with E-state index in [1.54, 1.807) is 12.1 Å². The largest absolute Gasteiger partial charge is 0.290 e. The molecule has 3 nitrogen and oxygen atoms in total. The molecule has 0 aliphatic rings. The van der Waals surface area contributed by atoms with Gasteiger partial charge in [0.15, 0.2) is 5.15 Å². The third-order valence-corrected chi connectivity index (χ3v) is 0.903. The van der Waals surface area contributed by atoms with Crippen molar-refractivity contribution in [3.63, 3.8) is 0 Å². The van der Waals surface area contributed by atoms with Gasteiger partial charge in [-0.15, -0.1) is 5.10 Å². The van der Waals surface area contributed by atoms with Gasteiger partial charge in [-0.2, -0.15) is 0 Å². The van der Waals surface area contributed by atoms with Crippen LogP contribution in [0.2, 0.25) is 5.15 Å². The predicted molar refractivity (Wildman–Crippen MR) is 30.2 cm³/mol. The number of H-pyrrole nitrogens is 1. The van der Waals surface area contributed by atoms with Gasteiger partial charge in [-0.25, -0.2) is 0 Å². The van der Waals surface area contributed by atoms with Crippen LogP contribution in [0.5, 0.6) is 0 Å². The Bertz CT molecular complexity index is 150. The van der Waals surface area contributed by atoms with Crippen molar-refractivity contribution in [3.05, 3.63) is 17.3 Å². The minimum absolute atomic E-state index is 0.416. The maximum atomic E-state index is 5.41. The van der Waals surface area contributed by atoms with E-state index in [-0.39, 0.29) is 0 Å². The first-order valence-electron chi connectivity index (χ1n) is 2.09. The fourth-order valence-corrected chi connectivity index (χ4v) is 0.456. The molecule has 1 heterocycles. The summed E-state index contributed by atoms with van der Waals surface area (Å²) in [5.41, 5.74) is 5.25. The van der Waals surface area contributed by atoms with E-state index in [9.17, 15) is 0 Å². The number of anilines is 1. The van der Waals surface area contributed by atoms with Gasteiger partial charge in [-0.3, -0.25) is 5.73 Å². The smallest absolute Gasteiger partial charge is 0.286 e. The average Bonchev–Trinajstić information content (AvgIpc) is 1.77. The summed E-state index contributed by atoms with van der Waals surface area (Å²) in [4.78, 5) is 0. The molecule has 0 fully saturated rings. The molecule has 0 atom stereocenters. The van der Waals surface area contributed by atoms with E-state index >= 15 is 0 Å². The van der Waals surface area contributed by atoms with Crippen molar-refractivity contribution in [2.75, 3.05) is 5.73 Å². The van der Waals surface area contributed by atoms with Crippen molar-refractivity contribution in [1.82, 2.24) is 5.10 Å². The SMILES string of the molecule is Nc1ccc(Cl)n[nH+]1. The maximum Gasteiger partial charge on any atom is 0.290 e. The van der Waals surface area contributed by atoms with Crippen molar-refractivity contribution in [2.24, 2.45) is 0 Å². The lowest BCUT2D eigenvalue weighted by Crippen LogP contribution is -2.13. The Hall–Kier alpha value is -0.830. The minimum Gasteiger partial charge on any atom is -0.286 e. The second kappa shape index (κ2) is 1.96. The molecule has 0 aromatic carbocycles. The number of aromatic amines is 1. The molecule has 1 rings (SSSR count). The molecule has 3 N–H and O–H groups in total. The first-order valence-corrected chi connectivity index (χ1v) is 2.46. The Morgan fingerprint density at radius 3 is 2.75 bits per heavy atom. The molecule has 0 aliphatic heterocycles. The van der Waals surface area contributed by atoms with E-state index in [0.717, 1.165) is 0 Å². The molecule has 0 aliphatic carbocycles. The Morgan fingerprint density at radius 2 is 2.38 bits per heavy atom. The number of nitrogens with two attached hydrogens (primary N) is 1. The minimum atomic E-state index is 0.416. The highest BCUT2D eigenvalue weighted by Crippen LogP contribution is 1.98. The van der Waals surface area contributed by atoms with Gasteiger partial charge >= 0.3 is 0 Å². The lowest BCUT2D eigenvalue weighted by Gasteiger charge is -1.81. The first kappa shape index (κ1) is 5.31. The predicted octanol–water partition coefficient (Wildman–Crippen LogP) is 0.131. The number of rotatable bonds is 0. The van der Waals surface area contributed by atoms with E-state index < -0.39 is 0 Å². The number of hydrogen-bond acceptors (Lipinski definition) is 2. The average molecular weight is 131 g/mol. The lowest BCUT2D eigenvalue weighted by molar-refractivity contribution is -0.438. The molecule has 0 radical (unpaired) electrons. The molecule has 8 heavy (non-hydrogen) atoms. The third-order valence-electron chi connectivity index (χ3n) is 0.692. The van der Waals surface area contributed by atoms with Gasteiger partial charge in [-0.1, -0.05) is 16.7 Å². The Morgan fingerprint density at radius 1 is 1.62 bits per heavy atom. The molecule has 0 saturated heterocycles. The first-order chi connectivity index (χ1) is 3.79. The maximum absolute atomic E-state index is 5.41. The number of halogens is 1. The van der Waals surface area contributed by atoms with Crippen LogP contribution in [0, 0.1) is 0 Å². The van der Waals surface area contributed by atoms with E-state index in [1.807, 2.05) is 0 Å². The third kappa shape index (κ3) is 1.07. The Kier molecular flexibility index (Phi) is 1.30. The number of nitrogens with zero attached hydrogens (tertiary/aromatic N) is 1. The van der Waals surface area contributed by atoms with Crippen LogP contribution in [-0.4, -0.2) is 5.10 Å². The second-order valence-electron chi connectivity index (χ2n) is 1.34. The molecule has 0 amide bonds. The van der Waals surface area contributed by atoms with Crippen LogP contribution >= 0.6 is 11.6 Å². The zero-order valence-electron chi connectivity index (χ0n) is 4.06. The normalized spacial score (nSPS) is 9.12. The highest BCUT2D eigenvalue weighted by Gasteiger charge is 1.90. The van der Waals surface area contributed by atoms with Crippen molar-refractivity contribution in [1.29, 1.82) is 0 Å². The summed E-state index contributed by atoms with van der Waals surface area (Å²) in [6.45, 7) is 0. The lowest BCUT2D eigenvalue weighted by atomic mass is 10.5. The van der Waals surface area contributed by atoms with E-state index in [1.165, 1.54) is 0 Å². The molecule has 1 aromatic rings. The zero-order chi connectivity index (χ0) is 5.98. The number of nitrogens with one attached hydrogen (secondary N) is 1. The van der Waals surface area contributed by atoms with Gasteiger partial charge in [0.2, 0.25) is 0 Å². The molecule has 0 saturated carbocycles. The quantitative estimate of drug-likeness (QED) is 0.543. The van der Waals surface area contributed by atoms with Crippen molar-refractivity contribution >= 4 is 17.4 Å². The van der Waals surface area contributed by atoms with E-state index in [0.29, 0.717) is 11.0 Å².